The van der Waals surface area contributed by atoms with Gasteiger partial charge in [0.2, 0.25) is 0 Å². The molecule has 1 aromatic carbocycles. The normalized spacial score (nSPS) is 10.1. The van der Waals surface area contributed by atoms with E-state index in [9.17, 15) is 9.65 Å². The second-order valence-corrected chi connectivity index (χ2v) is 4.49. The second kappa shape index (κ2) is 6.65. The predicted octanol–water partition coefficient (Wildman–Crippen LogP) is 2.25. The summed E-state index contributed by atoms with van der Waals surface area (Å²) in [6.07, 6.45) is 2.38. The van der Waals surface area contributed by atoms with Crippen LogP contribution in [0.5, 0.6) is 0 Å². The number of hydrogen-bond acceptors (Lipinski definition) is 4. The van der Waals surface area contributed by atoms with E-state index < -0.39 is 0 Å². The van der Waals surface area contributed by atoms with Crippen molar-refractivity contribution >= 4 is 0 Å². The molecule has 0 atom stereocenters. The summed E-state index contributed by atoms with van der Waals surface area (Å²) in [5, 5.41) is 21.3. The van der Waals surface area contributed by atoms with Gasteiger partial charge in [-0.25, -0.2) is 9.37 Å². The zero-order chi connectivity index (χ0) is 15.2. The molecule has 0 saturated carbocycles. The van der Waals surface area contributed by atoms with Crippen molar-refractivity contribution in [3.05, 3.63) is 47.3 Å². The Labute approximate surface area is 122 Å². The average molecular weight is 283 g/mol. The fourth-order valence-electron chi connectivity index (χ4n) is 2.05. The van der Waals surface area contributed by atoms with Gasteiger partial charge in [0.25, 0.3) is 0 Å². The molecule has 0 radical (unpaired) electrons. The quantitative estimate of drug-likeness (QED) is 0.854. The van der Waals surface area contributed by atoms with Gasteiger partial charge in [0.15, 0.2) is 11.4 Å². The summed E-state index contributed by atoms with van der Waals surface area (Å²) < 4.78 is 15.0. The summed E-state index contributed by atoms with van der Waals surface area (Å²) in [7, 11) is 0. The lowest BCUT2D eigenvalue weighted by Gasteiger charge is -2.12. The van der Waals surface area contributed by atoms with Crippen molar-refractivity contribution in [2.45, 2.75) is 19.9 Å². The Balaban J connectivity index is 2.47. The number of nitrogens with one attached hydrogen (secondary N) is 1. The fourth-order valence-corrected chi connectivity index (χ4v) is 2.05. The van der Waals surface area contributed by atoms with Gasteiger partial charge in [-0.3, -0.25) is 4.57 Å². The van der Waals surface area contributed by atoms with Gasteiger partial charge in [-0.1, -0.05) is 6.92 Å². The van der Waals surface area contributed by atoms with Gasteiger partial charge in [0.1, 0.15) is 24.3 Å². The molecule has 2 rings (SSSR count). The molecule has 0 spiro atoms. The molecule has 0 aliphatic rings. The first-order valence-electron chi connectivity index (χ1n) is 6.58. The molecule has 6 heteroatoms. The van der Waals surface area contributed by atoms with E-state index in [-0.39, 0.29) is 17.2 Å². The predicted molar refractivity (Wildman–Crippen MR) is 74.9 cm³/mol. The third-order valence-electron chi connectivity index (χ3n) is 3.02. The van der Waals surface area contributed by atoms with E-state index in [0.29, 0.717) is 17.8 Å². The van der Waals surface area contributed by atoms with Crippen LogP contribution in [0.25, 0.3) is 5.69 Å². The molecular weight excluding hydrogens is 269 g/mol. The monoisotopic (exact) mass is 283 g/mol. The van der Waals surface area contributed by atoms with Gasteiger partial charge in [-0.05, 0) is 36.7 Å². The van der Waals surface area contributed by atoms with E-state index in [4.69, 9.17) is 5.26 Å². The minimum atomic E-state index is -0.342. The Morgan fingerprint density at radius 2 is 2.14 bits per heavy atom. The lowest BCUT2D eigenvalue weighted by Crippen LogP contribution is -2.16. The molecule has 106 valence electrons. The lowest BCUT2D eigenvalue weighted by molar-refractivity contribution is 0.618. The van der Waals surface area contributed by atoms with E-state index in [1.807, 2.05) is 19.1 Å². The van der Waals surface area contributed by atoms with Crippen LogP contribution in [0, 0.1) is 28.5 Å². The number of aromatic nitrogens is 2. The molecule has 21 heavy (non-hydrogen) atoms. The minimum absolute atomic E-state index is 0.0642. The van der Waals surface area contributed by atoms with Crippen LogP contribution >= 0.6 is 0 Å². The first-order chi connectivity index (χ1) is 10.2. The third-order valence-corrected chi connectivity index (χ3v) is 3.02. The van der Waals surface area contributed by atoms with Gasteiger partial charge in [-0.15, -0.1) is 0 Å². The van der Waals surface area contributed by atoms with Crippen molar-refractivity contribution in [3.8, 4) is 17.8 Å². The Morgan fingerprint density at radius 1 is 1.33 bits per heavy atom. The van der Waals surface area contributed by atoms with Crippen molar-refractivity contribution in [1.82, 2.24) is 14.9 Å². The fraction of sp³-hybridized carbons (Fsp3) is 0.267. The molecule has 0 amide bonds. The molecule has 1 heterocycles. The Bertz CT molecular complexity index is 721. The number of imidazole rings is 1. The van der Waals surface area contributed by atoms with Crippen LogP contribution < -0.4 is 5.32 Å². The molecule has 0 bridgehead atoms. The maximum Gasteiger partial charge on any atom is 0.177 e. The van der Waals surface area contributed by atoms with Crippen molar-refractivity contribution in [3.63, 3.8) is 0 Å². The first-order valence-corrected chi connectivity index (χ1v) is 6.58. The van der Waals surface area contributed by atoms with Gasteiger partial charge in [0, 0.05) is 6.54 Å². The summed E-state index contributed by atoms with van der Waals surface area (Å²) in [4.78, 5) is 3.91. The van der Waals surface area contributed by atoms with Crippen molar-refractivity contribution in [2.24, 2.45) is 0 Å². The number of halogens is 1. The lowest BCUT2D eigenvalue weighted by atomic mass is 10.1. The van der Waals surface area contributed by atoms with E-state index in [0.717, 1.165) is 13.0 Å². The number of nitriles is 2. The highest BCUT2D eigenvalue weighted by Gasteiger charge is 2.14. The van der Waals surface area contributed by atoms with Crippen LogP contribution in [0.1, 0.15) is 30.3 Å². The summed E-state index contributed by atoms with van der Waals surface area (Å²) in [5.41, 5.74) is 1.57. The number of nitrogens with zero attached hydrogens (tertiary/aromatic N) is 4. The molecule has 1 aromatic heterocycles. The van der Waals surface area contributed by atoms with Crippen LogP contribution in [-0.2, 0) is 6.54 Å². The average Bonchev–Trinajstić information content (AvgIpc) is 2.90. The van der Waals surface area contributed by atoms with Gasteiger partial charge in [0.05, 0.1) is 5.69 Å². The largest absolute Gasteiger partial charge is 0.313 e. The number of rotatable bonds is 5. The Morgan fingerprint density at radius 3 is 2.81 bits per heavy atom. The molecule has 0 fully saturated rings. The molecule has 5 nitrogen and oxygen atoms in total. The Hall–Kier alpha value is -2.70. The maximum absolute atomic E-state index is 13.5. The van der Waals surface area contributed by atoms with E-state index in [1.54, 1.807) is 6.07 Å². The minimum Gasteiger partial charge on any atom is -0.313 e. The highest BCUT2D eigenvalue weighted by Crippen LogP contribution is 2.19. The SMILES string of the molecule is CCCNCc1cc(F)ccc1-n1cnc(C#N)c1C#N. The summed E-state index contributed by atoms with van der Waals surface area (Å²) in [5.74, 6) is -0.342. The van der Waals surface area contributed by atoms with Crippen molar-refractivity contribution < 1.29 is 4.39 Å². The van der Waals surface area contributed by atoms with E-state index in [1.165, 1.54) is 23.0 Å². The highest BCUT2D eigenvalue weighted by molar-refractivity contribution is 5.48. The smallest absolute Gasteiger partial charge is 0.177 e. The molecule has 2 aromatic rings. The molecule has 1 N–H and O–H groups in total. The van der Waals surface area contributed by atoms with Gasteiger partial charge >= 0.3 is 0 Å². The van der Waals surface area contributed by atoms with E-state index >= 15 is 0 Å². The summed E-state index contributed by atoms with van der Waals surface area (Å²) >= 11 is 0. The molecule has 0 aliphatic heterocycles. The zero-order valence-electron chi connectivity index (χ0n) is 11.6. The number of benzene rings is 1. The summed E-state index contributed by atoms with van der Waals surface area (Å²) in [6.45, 7) is 3.34. The van der Waals surface area contributed by atoms with Crippen LogP contribution in [0.4, 0.5) is 4.39 Å². The number of hydrogen-bond donors (Lipinski definition) is 1. The zero-order valence-corrected chi connectivity index (χ0v) is 11.6. The van der Waals surface area contributed by atoms with Crippen LogP contribution in [0.2, 0.25) is 0 Å². The van der Waals surface area contributed by atoms with Gasteiger partial charge < -0.3 is 5.32 Å². The second-order valence-electron chi connectivity index (χ2n) is 4.49. The maximum atomic E-state index is 13.5. The van der Waals surface area contributed by atoms with Crippen molar-refractivity contribution in [2.75, 3.05) is 6.54 Å². The molecule has 0 aliphatic carbocycles. The van der Waals surface area contributed by atoms with Gasteiger partial charge in [-0.2, -0.15) is 10.5 Å². The first kappa shape index (κ1) is 14.7. The molecular formula is C15H14FN5. The van der Waals surface area contributed by atoms with Crippen LogP contribution in [-0.4, -0.2) is 16.1 Å². The topological polar surface area (TPSA) is 77.4 Å². The summed E-state index contributed by atoms with van der Waals surface area (Å²) in [6, 6.07) is 8.17. The third kappa shape index (κ3) is 3.07. The van der Waals surface area contributed by atoms with Crippen LogP contribution in [0.3, 0.4) is 0 Å². The highest BCUT2D eigenvalue weighted by atomic mass is 19.1. The van der Waals surface area contributed by atoms with Crippen molar-refractivity contribution in [1.29, 1.82) is 10.5 Å². The Kier molecular flexibility index (Phi) is 4.65. The van der Waals surface area contributed by atoms with E-state index in [2.05, 4.69) is 10.3 Å². The standard InChI is InChI=1S/C15H14FN5/c1-2-5-19-9-11-6-12(16)3-4-14(11)21-10-20-13(7-17)15(21)8-18/h3-4,6,10,19H,2,5,9H2,1H3. The molecule has 0 unspecified atom stereocenters. The van der Waals surface area contributed by atoms with Crippen LogP contribution in [0.15, 0.2) is 24.5 Å². The molecule has 0 saturated heterocycles.